The van der Waals surface area contributed by atoms with Gasteiger partial charge in [0.25, 0.3) is 0 Å². The molecule has 0 saturated heterocycles. The molecule has 0 unspecified atom stereocenters. The molecule has 126 valence electrons. The smallest absolute Gasteiger partial charge is 0.340 e. The summed E-state index contributed by atoms with van der Waals surface area (Å²) in [4.78, 5) is 12.2. The Labute approximate surface area is 138 Å². The van der Waals surface area contributed by atoms with Crippen molar-refractivity contribution in [2.75, 3.05) is 19.0 Å². The second kappa shape index (κ2) is 8.10. The quantitative estimate of drug-likeness (QED) is 0.641. The van der Waals surface area contributed by atoms with Crippen LogP contribution in [0.5, 0.6) is 5.75 Å². The second-order valence-electron chi connectivity index (χ2n) is 4.78. The molecule has 0 radical (unpaired) electrons. The zero-order valence-electron chi connectivity index (χ0n) is 13.3. The number of anilines is 1. The number of nitrogens with one attached hydrogen (secondary N) is 1. The third kappa shape index (κ3) is 4.32. The van der Waals surface area contributed by atoms with E-state index in [4.69, 9.17) is 9.47 Å². The van der Waals surface area contributed by atoms with Crippen molar-refractivity contribution in [3.63, 3.8) is 0 Å². The number of benzene rings is 2. The first-order valence-electron chi connectivity index (χ1n) is 7.28. The van der Waals surface area contributed by atoms with E-state index in [1.807, 2.05) is 0 Å². The molecular weight excluding hydrogens is 316 g/mol. The number of carbonyl (C=O) groups is 1. The first kappa shape index (κ1) is 17.5. The van der Waals surface area contributed by atoms with Crippen molar-refractivity contribution < 1.29 is 23.0 Å². The summed E-state index contributed by atoms with van der Waals surface area (Å²) in [6.07, 6.45) is 1.32. The Hall–Kier alpha value is -2.89. The summed E-state index contributed by atoms with van der Waals surface area (Å²) < 4.78 is 36.8. The van der Waals surface area contributed by atoms with Crippen molar-refractivity contribution in [3.8, 4) is 5.75 Å². The molecule has 0 heterocycles. The first-order chi connectivity index (χ1) is 11.5. The molecule has 0 saturated carbocycles. The predicted octanol–water partition coefficient (Wildman–Crippen LogP) is 3.99. The van der Waals surface area contributed by atoms with Crippen LogP contribution in [-0.4, -0.2) is 19.7 Å². The van der Waals surface area contributed by atoms with E-state index < -0.39 is 17.6 Å². The molecule has 4 nitrogen and oxygen atoms in total. The number of esters is 1. The van der Waals surface area contributed by atoms with Gasteiger partial charge in [0.2, 0.25) is 0 Å². The Balaban J connectivity index is 2.36. The van der Waals surface area contributed by atoms with Crippen molar-refractivity contribution in [2.45, 2.75) is 6.92 Å². The normalized spacial score (nSPS) is 11.1. The third-order valence-electron chi connectivity index (χ3n) is 3.18. The van der Waals surface area contributed by atoms with Crippen LogP contribution in [0.15, 0.2) is 48.7 Å². The standard InChI is InChI=1S/C18H17F2NO3/c1-3-24-18(22)15(12-5-4-6-14(9-12)23-2)11-21-17-8-7-13(19)10-16(17)20/h4-11,21H,3H2,1-2H3/b15-11-. The fourth-order valence-electron chi connectivity index (χ4n) is 2.02. The van der Waals surface area contributed by atoms with Gasteiger partial charge in [0.05, 0.1) is 25.0 Å². The zero-order chi connectivity index (χ0) is 17.5. The minimum atomic E-state index is -0.764. The Kier molecular flexibility index (Phi) is 5.89. The van der Waals surface area contributed by atoms with Gasteiger partial charge in [0.15, 0.2) is 0 Å². The van der Waals surface area contributed by atoms with Gasteiger partial charge < -0.3 is 14.8 Å². The number of ether oxygens (including phenoxy) is 2. The van der Waals surface area contributed by atoms with Crippen LogP contribution in [0.3, 0.4) is 0 Å². The highest BCUT2D eigenvalue weighted by atomic mass is 19.1. The van der Waals surface area contributed by atoms with E-state index in [-0.39, 0.29) is 17.9 Å². The van der Waals surface area contributed by atoms with Crippen molar-refractivity contribution >= 4 is 17.2 Å². The molecule has 2 aromatic carbocycles. The largest absolute Gasteiger partial charge is 0.497 e. The predicted molar refractivity (Wildman–Crippen MR) is 87.6 cm³/mol. The summed E-state index contributed by atoms with van der Waals surface area (Å²) in [5.74, 6) is -1.45. The topological polar surface area (TPSA) is 47.6 Å². The van der Waals surface area contributed by atoms with Gasteiger partial charge in [-0.1, -0.05) is 12.1 Å². The summed E-state index contributed by atoms with van der Waals surface area (Å²) in [6, 6.07) is 9.94. The van der Waals surface area contributed by atoms with Crippen LogP contribution in [0.2, 0.25) is 0 Å². The van der Waals surface area contributed by atoms with E-state index in [1.165, 1.54) is 19.4 Å². The lowest BCUT2D eigenvalue weighted by molar-refractivity contribution is -0.136. The summed E-state index contributed by atoms with van der Waals surface area (Å²) in [5, 5.41) is 2.67. The average Bonchev–Trinajstić information content (AvgIpc) is 2.57. The molecule has 0 aliphatic rings. The van der Waals surface area contributed by atoms with E-state index >= 15 is 0 Å². The molecule has 2 rings (SSSR count). The van der Waals surface area contributed by atoms with E-state index in [2.05, 4.69) is 5.32 Å². The summed E-state index contributed by atoms with van der Waals surface area (Å²) >= 11 is 0. The lowest BCUT2D eigenvalue weighted by atomic mass is 10.1. The maximum atomic E-state index is 13.7. The molecular formula is C18H17F2NO3. The first-order valence-corrected chi connectivity index (χ1v) is 7.28. The summed E-state index contributed by atoms with van der Waals surface area (Å²) in [7, 11) is 1.51. The van der Waals surface area contributed by atoms with E-state index in [0.29, 0.717) is 11.3 Å². The lowest BCUT2D eigenvalue weighted by Crippen LogP contribution is -2.09. The van der Waals surface area contributed by atoms with Crippen molar-refractivity contribution in [2.24, 2.45) is 0 Å². The maximum absolute atomic E-state index is 13.7. The van der Waals surface area contributed by atoms with E-state index in [0.717, 1.165) is 12.1 Å². The second-order valence-corrected chi connectivity index (χ2v) is 4.78. The molecule has 1 N–H and O–H groups in total. The van der Waals surface area contributed by atoms with E-state index in [1.54, 1.807) is 31.2 Å². The molecule has 24 heavy (non-hydrogen) atoms. The fourth-order valence-corrected chi connectivity index (χ4v) is 2.02. The Bertz CT molecular complexity index is 760. The highest BCUT2D eigenvalue weighted by Crippen LogP contribution is 2.22. The summed E-state index contributed by atoms with van der Waals surface area (Å²) in [5.41, 5.74) is 0.781. The van der Waals surface area contributed by atoms with Crippen LogP contribution < -0.4 is 10.1 Å². The fraction of sp³-hybridized carbons (Fsp3) is 0.167. The van der Waals surface area contributed by atoms with Crippen LogP contribution in [0, 0.1) is 11.6 Å². The van der Waals surface area contributed by atoms with Gasteiger partial charge in [0.1, 0.15) is 17.4 Å². The minimum Gasteiger partial charge on any atom is -0.497 e. The van der Waals surface area contributed by atoms with Crippen molar-refractivity contribution in [1.29, 1.82) is 0 Å². The molecule has 0 aliphatic heterocycles. The Morgan fingerprint density at radius 3 is 2.67 bits per heavy atom. The van der Waals surface area contributed by atoms with Crippen molar-refractivity contribution in [3.05, 3.63) is 65.9 Å². The highest BCUT2D eigenvalue weighted by molar-refractivity contribution is 6.16. The van der Waals surface area contributed by atoms with Gasteiger partial charge in [-0.15, -0.1) is 0 Å². The molecule has 0 aliphatic carbocycles. The third-order valence-corrected chi connectivity index (χ3v) is 3.18. The molecule has 0 spiro atoms. The van der Waals surface area contributed by atoms with Crippen LogP contribution in [0.25, 0.3) is 5.57 Å². The van der Waals surface area contributed by atoms with Gasteiger partial charge in [0, 0.05) is 12.3 Å². The van der Waals surface area contributed by atoms with Gasteiger partial charge in [-0.2, -0.15) is 0 Å². The number of methoxy groups -OCH3 is 1. The van der Waals surface area contributed by atoms with E-state index in [9.17, 15) is 13.6 Å². The van der Waals surface area contributed by atoms with Crippen molar-refractivity contribution in [1.82, 2.24) is 0 Å². The van der Waals surface area contributed by atoms with Crippen LogP contribution in [0.4, 0.5) is 14.5 Å². The number of halogens is 2. The monoisotopic (exact) mass is 333 g/mol. The van der Waals surface area contributed by atoms with Gasteiger partial charge in [-0.25, -0.2) is 13.6 Å². The molecule has 0 amide bonds. The maximum Gasteiger partial charge on any atom is 0.340 e. The molecule has 6 heteroatoms. The molecule has 0 aromatic heterocycles. The Morgan fingerprint density at radius 2 is 2.00 bits per heavy atom. The number of rotatable bonds is 6. The van der Waals surface area contributed by atoms with Gasteiger partial charge in [-0.05, 0) is 36.8 Å². The summed E-state index contributed by atoms with van der Waals surface area (Å²) in [6.45, 7) is 1.89. The van der Waals surface area contributed by atoms with Crippen LogP contribution in [0.1, 0.15) is 12.5 Å². The number of hydrogen-bond acceptors (Lipinski definition) is 4. The van der Waals surface area contributed by atoms with Gasteiger partial charge >= 0.3 is 5.97 Å². The SMILES string of the molecule is CCOC(=O)/C(=C\Nc1ccc(F)cc1F)c1cccc(OC)c1. The molecule has 2 aromatic rings. The van der Waals surface area contributed by atoms with Crippen LogP contribution >= 0.6 is 0 Å². The lowest BCUT2D eigenvalue weighted by Gasteiger charge is -2.10. The molecule has 0 atom stereocenters. The molecule has 0 bridgehead atoms. The Morgan fingerprint density at radius 1 is 1.21 bits per heavy atom. The average molecular weight is 333 g/mol. The zero-order valence-corrected chi connectivity index (χ0v) is 13.3. The number of carbonyl (C=O) groups excluding carboxylic acids is 1. The molecule has 0 fully saturated rings. The minimum absolute atomic E-state index is 0.0427. The van der Waals surface area contributed by atoms with Gasteiger partial charge in [-0.3, -0.25) is 0 Å². The highest BCUT2D eigenvalue weighted by Gasteiger charge is 2.14. The van der Waals surface area contributed by atoms with Crippen LogP contribution in [-0.2, 0) is 9.53 Å². The number of hydrogen-bond donors (Lipinski definition) is 1.